The molecular weight excluding hydrogens is 284 g/mol. The molecule has 5 heteroatoms. The van der Waals surface area contributed by atoms with E-state index in [1.54, 1.807) is 28.6 Å². The van der Waals surface area contributed by atoms with Crippen LogP contribution in [0, 0.1) is 11.3 Å². The highest BCUT2D eigenvalue weighted by atomic mass is 32.2. The minimum absolute atomic E-state index is 0.0823. The molecule has 1 aliphatic rings. The van der Waals surface area contributed by atoms with E-state index in [0.717, 1.165) is 25.7 Å². The van der Waals surface area contributed by atoms with Crippen LogP contribution in [0.3, 0.4) is 0 Å². The number of benzene rings is 1. The third kappa shape index (κ3) is 3.84. The van der Waals surface area contributed by atoms with E-state index >= 15 is 0 Å². The van der Waals surface area contributed by atoms with Crippen LogP contribution in [0.5, 0.6) is 0 Å². The van der Waals surface area contributed by atoms with Gasteiger partial charge in [0.15, 0.2) is 0 Å². The van der Waals surface area contributed by atoms with Crippen LogP contribution in [0.1, 0.15) is 50.2 Å². The van der Waals surface area contributed by atoms with Crippen LogP contribution in [-0.2, 0) is 15.8 Å². The zero-order valence-corrected chi connectivity index (χ0v) is 13.3. The Hall–Kier alpha value is -1.38. The van der Waals surface area contributed by atoms with E-state index in [1.165, 1.54) is 6.42 Å². The number of nitrogens with zero attached hydrogens (tertiary/aromatic N) is 2. The van der Waals surface area contributed by atoms with Crippen molar-refractivity contribution in [2.75, 3.05) is 6.54 Å². The fourth-order valence-corrected chi connectivity index (χ4v) is 4.95. The van der Waals surface area contributed by atoms with Crippen molar-refractivity contribution < 1.29 is 8.42 Å². The van der Waals surface area contributed by atoms with Crippen LogP contribution in [0.15, 0.2) is 24.3 Å². The molecule has 0 N–H and O–H groups in total. The molecule has 1 saturated carbocycles. The Labute approximate surface area is 127 Å². The largest absolute Gasteiger partial charge is 0.218 e. The first kappa shape index (κ1) is 16.0. The molecule has 1 aliphatic carbocycles. The van der Waals surface area contributed by atoms with Gasteiger partial charge in [0.1, 0.15) is 0 Å². The van der Waals surface area contributed by atoms with Crippen molar-refractivity contribution in [3.8, 4) is 6.07 Å². The minimum atomic E-state index is -3.38. The van der Waals surface area contributed by atoms with Gasteiger partial charge in [0.05, 0.1) is 17.4 Å². The standard InChI is InChI=1S/C16H22N2O2S/c1-2-18(16-10-4-3-5-11-16)21(19,20)13-15-9-7-6-8-14(15)12-17/h6-9,16H,2-5,10-11,13H2,1H3. The molecular formula is C16H22N2O2S. The van der Waals surface area contributed by atoms with Gasteiger partial charge in [-0.05, 0) is 24.5 Å². The second-order valence-electron chi connectivity index (χ2n) is 5.52. The van der Waals surface area contributed by atoms with Crippen molar-refractivity contribution in [2.45, 2.75) is 50.8 Å². The maximum absolute atomic E-state index is 12.7. The summed E-state index contributed by atoms with van der Waals surface area (Å²) in [5.41, 5.74) is 1.04. The summed E-state index contributed by atoms with van der Waals surface area (Å²) >= 11 is 0. The van der Waals surface area contributed by atoms with E-state index in [-0.39, 0.29) is 11.8 Å². The van der Waals surface area contributed by atoms with Gasteiger partial charge < -0.3 is 0 Å². The van der Waals surface area contributed by atoms with Crippen LogP contribution in [0.25, 0.3) is 0 Å². The van der Waals surface area contributed by atoms with Crippen LogP contribution in [0.2, 0.25) is 0 Å². The molecule has 1 aromatic rings. The Morgan fingerprint density at radius 3 is 2.52 bits per heavy atom. The molecule has 0 atom stereocenters. The Bertz CT molecular complexity index is 613. The number of hydrogen-bond donors (Lipinski definition) is 0. The van der Waals surface area contributed by atoms with Crippen molar-refractivity contribution in [3.05, 3.63) is 35.4 Å². The lowest BCUT2D eigenvalue weighted by molar-refractivity contribution is 0.261. The van der Waals surface area contributed by atoms with Crippen molar-refractivity contribution in [1.29, 1.82) is 5.26 Å². The lowest BCUT2D eigenvalue weighted by Crippen LogP contribution is -2.41. The van der Waals surface area contributed by atoms with Crippen LogP contribution in [-0.4, -0.2) is 25.3 Å². The first-order chi connectivity index (χ1) is 10.1. The summed E-state index contributed by atoms with van der Waals surface area (Å²) in [5, 5.41) is 9.10. The number of nitriles is 1. The maximum Gasteiger partial charge on any atom is 0.218 e. The highest BCUT2D eigenvalue weighted by molar-refractivity contribution is 7.88. The maximum atomic E-state index is 12.7. The van der Waals surface area contributed by atoms with Gasteiger partial charge in [-0.3, -0.25) is 0 Å². The van der Waals surface area contributed by atoms with Gasteiger partial charge in [0, 0.05) is 12.6 Å². The molecule has 0 heterocycles. The van der Waals surface area contributed by atoms with Gasteiger partial charge in [-0.15, -0.1) is 0 Å². The van der Waals surface area contributed by atoms with Crippen molar-refractivity contribution in [1.82, 2.24) is 4.31 Å². The van der Waals surface area contributed by atoms with Gasteiger partial charge in [-0.2, -0.15) is 9.57 Å². The number of rotatable bonds is 5. The van der Waals surface area contributed by atoms with Crippen molar-refractivity contribution in [2.24, 2.45) is 0 Å². The molecule has 0 aromatic heterocycles. The average molecular weight is 306 g/mol. The van der Waals surface area contributed by atoms with E-state index < -0.39 is 10.0 Å². The normalized spacial score (nSPS) is 16.8. The number of hydrogen-bond acceptors (Lipinski definition) is 3. The molecule has 0 saturated heterocycles. The Morgan fingerprint density at radius 2 is 1.90 bits per heavy atom. The lowest BCUT2D eigenvalue weighted by Gasteiger charge is -2.32. The van der Waals surface area contributed by atoms with Crippen LogP contribution >= 0.6 is 0 Å². The molecule has 114 valence electrons. The SMILES string of the molecule is CCN(C1CCCCC1)S(=O)(=O)Cc1ccccc1C#N. The predicted octanol–water partition coefficient (Wildman–Crippen LogP) is 3.04. The molecule has 0 radical (unpaired) electrons. The molecule has 4 nitrogen and oxygen atoms in total. The summed E-state index contributed by atoms with van der Waals surface area (Å²) in [6, 6.07) is 9.13. The summed E-state index contributed by atoms with van der Waals surface area (Å²) in [4.78, 5) is 0. The van der Waals surface area contributed by atoms with Gasteiger partial charge in [-0.25, -0.2) is 8.42 Å². The smallest absolute Gasteiger partial charge is 0.212 e. The van der Waals surface area contributed by atoms with Gasteiger partial charge in [-0.1, -0.05) is 44.4 Å². The summed E-state index contributed by atoms with van der Waals surface area (Å²) in [6.45, 7) is 2.39. The van der Waals surface area contributed by atoms with Crippen molar-refractivity contribution in [3.63, 3.8) is 0 Å². The minimum Gasteiger partial charge on any atom is -0.212 e. The molecule has 0 unspecified atom stereocenters. The van der Waals surface area contributed by atoms with E-state index in [1.807, 2.05) is 6.92 Å². The molecule has 0 bridgehead atoms. The van der Waals surface area contributed by atoms with Gasteiger partial charge in [0.25, 0.3) is 0 Å². The van der Waals surface area contributed by atoms with Crippen LogP contribution < -0.4 is 0 Å². The lowest BCUT2D eigenvalue weighted by atomic mass is 9.95. The van der Waals surface area contributed by atoms with Crippen LogP contribution in [0.4, 0.5) is 0 Å². The fraction of sp³-hybridized carbons (Fsp3) is 0.562. The average Bonchev–Trinajstić information content (AvgIpc) is 2.49. The summed E-state index contributed by atoms with van der Waals surface area (Å²) in [6.07, 6.45) is 5.31. The molecule has 21 heavy (non-hydrogen) atoms. The third-order valence-corrected chi connectivity index (χ3v) is 6.07. The monoisotopic (exact) mass is 306 g/mol. The molecule has 0 spiro atoms. The Morgan fingerprint density at radius 1 is 1.24 bits per heavy atom. The van der Waals surface area contributed by atoms with E-state index in [2.05, 4.69) is 6.07 Å². The molecule has 1 fully saturated rings. The van der Waals surface area contributed by atoms with E-state index in [4.69, 9.17) is 5.26 Å². The first-order valence-corrected chi connectivity index (χ1v) is 9.17. The van der Waals surface area contributed by atoms with Gasteiger partial charge >= 0.3 is 0 Å². The summed E-state index contributed by atoms with van der Waals surface area (Å²) in [7, 11) is -3.38. The van der Waals surface area contributed by atoms with Crippen molar-refractivity contribution >= 4 is 10.0 Å². The Kier molecular flexibility index (Phi) is 5.38. The van der Waals surface area contributed by atoms with E-state index in [9.17, 15) is 8.42 Å². The first-order valence-electron chi connectivity index (χ1n) is 7.56. The highest BCUT2D eigenvalue weighted by Gasteiger charge is 2.30. The van der Waals surface area contributed by atoms with E-state index in [0.29, 0.717) is 17.7 Å². The summed E-state index contributed by atoms with van der Waals surface area (Å²) in [5.74, 6) is -0.0823. The van der Waals surface area contributed by atoms with Gasteiger partial charge in [0.2, 0.25) is 10.0 Å². The second-order valence-corrected chi connectivity index (χ2v) is 7.44. The third-order valence-electron chi connectivity index (χ3n) is 4.13. The number of sulfonamides is 1. The molecule has 0 aliphatic heterocycles. The molecule has 0 amide bonds. The molecule has 1 aromatic carbocycles. The highest BCUT2D eigenvalue weighted by Crippen LogP contribution is 2.26. The quantitative estimate of drug-likeness (QED) is 0.840. The summed E-state index contributed by atoms with van der Waals surface area (Å²) < 4.78 is 27.1. The predicted molar refractivity (Wildman–Crippen MR) is 83.0 cm³/mol. The zero-order valence-electron chi connectivity index (χ0n) is 12.5. The second kappa shape index (κ2) is 7.06. The fourth-order valence-electron chi connectivity index (χ4n) is 3.09. The Balaban J connectivity index is 2.21. The zero-order chi connectivity index (χ0) is 15.3. The molecule has 2 rings (SSSR count). The topological polar surface area (TPSA) is 61.2 Å².